The van der Waals surface area contributed by atoms with Crippen molar-refractivity contribution in [2.45, 2.75) is 71.0 Å². The molecular formula is C26H32F3N7O3. The summed E-state index contributed by atoms with van der Waals surface area (Å²) in [6.07, 6.45) is 1.63. The molecule has 2 aliphatic rings. The van der Waals surface area contributed by atoms with Gasteiger partial charge in [0.05, 0.1) is 29.5 Å². The second kappa shape index (κ2) is 10.9. The van der Waals surface area contributed by atoms with Crippen molar-refractivity contribution in [2.75, 3.05) is 6.54 Å². The van der Waals surface area contributed by atoms with Crippen molar-refractivity contribution in [3.8, 4) is 0 Å². The minimum absolute atomic E-state index is 0.0848. The summed E-state index contributed by atoms with van der Waals surface area (Å²) in [5, 5.41) is 17.6. The molecule has 1 aliphatic heterocycles. The van der Waals surface area contributed by atoms with Gasteiger partial charge in [-0.2, -0.15) is 18.3 Å². The second-order valence-corrected chi connectivity index (χ2v) is 10.8. The van der Waals surface area contributed by atoms with Crippen molar-refractivity contribution in [3.05, 3.63) is 41.1 Å². The van der Waals surface area contributed by atoms with Crippen LogP contribution < -0.4 is 10.6 Å². The zero-order valence-corrected chi connectivity index (χ0v) is 21.9. The highest BCUT2D eigenvalue weighted by atomic mass is 19.4. The number of aryl methyl sites for hydroxylation is 1. The average Bonchev–Trinajstić information content (AvgIpc) is 3.55. The van der Waals surface area contributed by atoms with Gasteiger partial charge in [0.1, 0.15) is 5.69 Å². The lowest BCUT2D eigenvalue weighted by Gasteiger charge is -2.32. The van der Waals surface area contributed by atoms with Crippen LogP contribution in [-0.2, 0) is 17.6 Å². The lowest BCUT2D eigenvalue weighted by Crippen LogP contribution is -2.47. The van der Waals surface area contributed by atoms with E-state index in [-0.39, 0.29) is 30.4 Å². The Kier molecular flexibility index (Phi) is 7.59. The van der Waals surface area contributed by atoms with Crippen LogP contribution >= 0.6 is 0 Å². The van der Waals surface area contributed by atoms with Gasteiger partial charge in [0.15, 0.2) is 11.3 Å². The van der Waals surface area contributed by atoms with E-state index in [1.165, 1.54) is 0 Å². The van der Waals surface area contributed by atoms with Gasteiger partial charge in [0, 0.05) is 18.9 Å². The van der Waals surface area contributed by atoms with Gasteiger partial charge in [-0.25, -0.2) is 14.1 Å². The normalized spacial score (nSPS) is 24.9. The summed E-state index contributed by atoms with van der Waals surface area (Å²) in [4.78, 5) is 30.2. The lowest BCUT2D eigenvalue weighted by molar-refractivity contribution is -0.183. The fourth-order valence-corrected chi connectivity index (χ4v) is 5.65. The van der Waals surface area contributed by atoms with Gasteiger partial charge in [0.25, 0.3) is 5.91 Å². The molecule has 3 aromatic heterocycles. The highest BCUT2D eigenvalue weighted by Crippen LogP contribution is 2.37. The van der Waals surface area contributed by atoms with Crippen molar-refractivity contribution < 1.29 is 27.4 Å². The van der Waals surface area contributed by atoms with E-state index in [1.54, 1.807) is 22.8 Å². The fourth-order valence-electron chi connectivity index (χ4n) is 5.65. The molecule has 5 rings (SSSR count). The number of halogens is 3. The molecule has 13 heteroatoms. The topological polar surface area (TPSA) is 127 Å². The first-order valence-corrected chi connectivity index (χ1v) is 13.4. The molecule has 2 fully saturated rings. The zero-order chi connectivity index (χ0) is 27.7. The van der Waals surface area contributed by atoms with Gasteiger partial charge in [0.2, 0.25) is 5.91 Å². The van der Waals surface area contributed by atoms with E-state index in [1.807, 2.05) is 6.92 Å². The maximum Gasteiger partial charge on any atom is 0.393 e. The Morgan fingerprint density at radius 3 is 2.72 bits per heavy atom. The number of hydrogen-bond acceptors (Lipinski definition) is 7. The molecular weight excluding hydrogens is 515 g/mol. The predicted octanol–water partition coefficient (Wildman–Crippen LogP) is 3.83. The van der Waals surface area contributed by atoms with Gasteiger partial charge >= 0.3 is 6.18 Å². The van der Waals surface area contributed by atoms with Crippen LogP contribution in [0, 0.1) is 23.7 Å². The summed E-state index contributed by atoms with van der Waals surface area (Å²) < 4.78 is 46.1. The number of aromatic nitrogens is 5. The molecule has 2 amide bonds. The molecule has 0 bridgehead atoms. The monoisotopic (exact) mass is 547 g/mol. The summed E-state index contributed by atoms with van der Waals surface area (Å²) >= 11 is 0. The van der Waals surface area contributed by atoms with Crippen LogP contribution in [0.1, 0.15) is 79.6 Å². The molecule has 4 heterocycles. The molecule has 2 N–H and O–H groups in total. The molecule has 0 aromatic carbocycles. The van der Waals surface area contributed by atoms with Gasteiger partial charge in [-0.05, 0) is 54.8 Å². The third-order valence-corrected chi connectivity index (χ3v) is 8.02. The second-order valence-electron chi connectivity index (χ2n) is 10.8. The van der Waals surface area contributed by atoms with E-state index in [2.05, 4.69) is 33.0 Å². The number of carbonyl (C=O) groups is 2. The maximum absolute atomic E-state index is 13.2. The van der Waals surface area contributed by atoms with Crippen LogP contribution in [0.15, 0.2) is 23.0 Å². The molecule has 1 unspecified atom stereocenters. The first-order chi connectivity index (χ1) is 18.6. The van der Waals surface area contributed by atoms with Gasteiger partial charge in [-0.3, -0.25) is 9.59 Å². The largest absolute Gasteiger partial charge is 0.393 e. The minimum Gasteiger partial charge on any atom is -0.355 e. The zero-order valence-electron chi connectivity index (χ0n) is 21.9. The summed E-state index contributed by atoms with van der Waals surface area (Å²) in [5.74, 6) is -2.40. The summed E-state index contributed by atoms with van der Waals surface area (Å²) in [6.45, 7) is 3.69. The Labute approximate surface area is 223 Å². The van der Waals surface area contributed by atoms with Crippen molar-refractivity contribution in [2.24, 2.45) is 23.7 Å². The van der Waals surface area contributed by atoms with Crippen LogP contribution in [0.25, 0.3) is 5.65 Å². The summed E-state index contributed by atoms with van der Waals surface area (Å²) in [6, 6.07) is 3.01. The third kappa shape index (κ3) is 5.91. The Morgan fingerprint density at radius 1 is 1.23 bits per heavy atom. The highest BCUT2D eigenvalue weighted by Gasteiger charge is 2.44. The SMILES string of the molecule is CCc1nonc1C(=O)N[C@H](c1cn2nc(CC3C[C@@H](C(F)(F)F)CNC3=O)ccc2n1)[C@H]1CC[C@H](C)CC1. The first kappa shape index (κ1) is 27.1. The van der Waals surface area contributed by atoms with E-state index in [0.717, 1.165) is 25.7 Å². The Morgan fingerprint density at radius 2 is 2.00 bits per heavy atom. The van der Waals surface area contributed by atoms with Gasteiger partial charge < -0.3 is 10.6 Å². The van der Waals surface area contributed by atoms with Crippen molar-refractivity contribution in [1.82, 2.24) is 35.5 Å². The van der Waals surface area contributed by atoms with E-state index in [9.17, 15) is 22.8 Å². The smallest absolute Gasteiger partial charge is 0.355 e. The van der Waals surface area contributed by atoms with Crippen molar-refractivity contribution in [1.29, 1.82) is 0 Å². The van der Waals surface area contributed by atoms with Gasteiger partial charge in [-0.15, -0.1) is 0 Å². The maximum atomic E-state index is 13.2. The van der Waals surface area contributed by atoms with Crippen molar-refractivity contribution >= 4 is 17.5 Å². The third-order valence-electron chi connectivity index (χ3n) is 8.02. The number of fused-ring (bicyclic) bond motifs is 1. The Balaban J connectivity index is 1.38. The minimum atomic E-state index is -4.36. The molecule has 10 nitrogen and oxygen atoms in total. The fraction of sp³-hybridized carbons (Fsp3) is 0.615. The van der Waals surface area contributed by atoms with E-state index < -0.39 is 36.5 Å². The van der Waals surface area contributed by atoms with E-state index in [4.69, 9.17) is 9.61 Å². The molecule has 3 aromatic rings. The highest BCUT2D eigenvalue weighted by molar-refractivity contribution is 5.93. The predicted molar refractivity (Wildman–Crippen MR) is 132 cm³/mol. The summed E-state index contributed by atoms with van der Waals surface area (Å²) in [7, 11) is 0. The van der Waals surface area contributed by atoms with E-state index >= 15 is 0 Å². The Hall–Kier alpha value is -3.51. The van der Waals surface area contributed by atoms with E-state index in [0.29, 0.717) is 35.1 Å². The number of piperidine rings is 1. The number of amides is 2. The number of nitrogens with zero attached hydrogens (tertiary/aromatic N) is 5. The number of alkyl halides is 3. The Bertz CT molecular complexity index is 1330. The number of rotatable bonds is 7. The molecule has 3 atom stereocenters. The first-order valence-electron chi connectivity index (χ1n) is 13.4. The molecule has 39 heavy (non-hydrogen) atoms. The van der Waals surface area contributed by atoms with Crippen LogP contribution in [0.5, 0.6) is 0 Å². The summed E-state index contributed by atoms with van der Waals surface area (Å²) in [5.41, 5.74) is 2.29. The van der Waals surface area contributed by atoms with Gasteiger partial charge in [-0.1, -0.05) is 31.8 Å². The quantitative estimate of drug-likeness (QED) is 0.460. The number of imidazole rings is 1. The van der Waals surface area contributed by atoms with Crippen LogP contribution in [0.3, 0.4) is 0 Å². The van der Waals surface area contributed by atoms with Crippen LogP contribution in [-0.4, -0.2) is 49.4 Å². The standard InChI is InChI=1S/C26H32F3N7O3/c1-3-19-23(35-39-34-19)25(38)32-22(15-6-4-14(2)5-7-15)20-13-36-21(31-20)9-8-18(33-36)11-16-10-17(26(27,28)29)12-30-24(16)37/h8-9,13-17,22H,3-7,10-12H2,1-2H3,(H,30,37)(H,32,38)/t14-,15-,16?,17-,22+/m1/s1. The molecule has 210 valence electrons. The molecule has 0 radical (unpaired) electrons. The van der Waals surface area contributed by atoms with Crippen molar-refractivity contribution in [3.63, 3.8) is 0 Å². The number of nitrogens with one attached hydrogen (secondary N) is 2. The average molecular weight is 548 g/mol. The molecule has 0 spiro atoms. The molecule has 1 saturated heterocycles. The lowest BCUT2D eigenvalue weighted by atomic mass is 9.78. The van der Waals surface area contributed by atoms with Crippen LogP contribution in [0.4, 0.5) is 13.2 Å². The van der Waals surface area contributed by atoms with Crippen LogP contribution in [0.2, 0.25) is 0 Å². The number of hydrogen-bond donors (Lipinski definition) is 2. The number of carbonyl (C=O) groups excluding carboxylic acids is 2. The molecule has 1 aliphatic carbocycles. The molecule has 1 saturated carbocycles.